The van der Waals surface area contributed by atoms with Crippen LogP contribution in [0.4, 0.5) is 0 Å². The number of nitrogens with one attached hydrogen (secondary N) is 1. The summed E-state index contributed by atoms with van der Waals surface area (Å²) in [5.74, 6) is -2.01. The van der Waals surface area contributed by atoms with Crippen molar-refractivity contribution in [2.24, 2.45) is 0 Å². The second-order valence-corrected chi connectivity index (χ2v) is 18.4. The molecule has 2 aliphatic rings. The van der Waals surface area contributed by atoms with Crippen molar-refractivity contribution < 1.29 is 28.2 Å². The summed E-state index contributed by atoms with van der Waals surface area (Å²) in [6, 6.07) is 23.2. The lowest BCUT2D eigenvalue weighted by atomic mass is 9.84. The summed E-state index contributed by atoms with van der Waals surface area (Å²) in [5.41, 5.74) is 4.23. The molecule has 7 rings (SSSR count). The van der Waals surface area contributed by atoms with E-state index in [1.807, 2.05) is 36.4 Å². The zero-order valence-corrected chi connectivity index (χ0v) is 30.7. The number of nitrogens with zero attached hydrogens (tertiary/aromatic N) is 3. The van der Waals surface area contributed by atoms with Gasteiger partial charge in [0.05, 0.1) is 16.5 Å². The molecule has 2 heterocycles. The van der Waals surface area contributed by atoms with Crippen LogP contribution in [0.2, 0.25) is 0 Å². The number of rotatable bonds is 12. The van der Waals surface area contributed by atoms with Gasteiger partial charge < -0.3 is 10.2 Å². The molecule has 2 aliphatic carbocycles. The van der Waals surface area contributed by atoms with E-state index in [0.717, 1.165) is 33.2 Å². The molecule has 0 aliphatic heterocycles. The van der Waals surface area contributed by atoms with Crippen LogP contribution in [0.5, 0.6) is 0 Å². The third-order valence-corrected chi connectivity index (χ3v) is 14.0. The molecular formula is C39H34N4O6S3. The molecular weight excluding hydrogens is 717 g/mol. The van der Waals surface area contributed by atoms with Crippen molar-refractivity contribution in [3.63, 3.8) is 0 Å². The predicted molar refractivity (Wildman–Crippen MR) is 201 cm³/mol. The van der Waals surface area contributed by atoms with Crippen molar-refractivity contribution in [2.45, 2.75) is 75.7 Å². The fourth-order valence-electron chi connectivity index (χ4n) is 6.38. The highest BCUT2D eigenvalue weighted by molar-refractivity contribution is 8.01. The monoisotopic (exact) mass is 750 g/mol. The van der Waals surface area contributed by atoms with Crippen molar-refractivity contribution in [3.05, 3.63) is 103 Å². The summed E-state index contributed by atoms with van der Waals surface area (Å²) >= 11 is 2.52. The third-order valence-electron chi connectivity index (χ3n) is 9.69. The molecule has 0 radical (unpaired) electrons. The van der Waals surface area contributed by atoms with Crippen molar-refractivity contribution in [1.29, 1.82) is 5.26 Å². The third kappa shape index (κ3) is 6.79. The molecule has 2 aromatic heterocycles. The number of carboxylic acid groups (broad SMARTS) is 2. The molecule has 3 N–H and O–H groups in total. The Labute approximate surface area is 309 Å². The van der Waals surface area contributed by atoms with Crippen LogP contribution in [0.3, 0.4) is 0 Å². The van der Waals surface area contributed by atoms with Gasteiger partial charge in [-0.05, 0) is 86.4 Å². The van der Waals surface area contributed by atoms with E-state index in [1.54, 1.807) is 56.7 Å². The second kappa shape index (κ2) is 13.7. The molecule has 2 unspecified atom stereocenters. The van der Waals surface area contributed by atoms with E-state index in [2.05, 4.69) is 15.8 Å². The molecule has 5 aromatic rings. The molecule has 0 spiro atoms. The van der Waals surface area contributed by atoms with E-state index in [1.165, 1.54) is 35.7 Å². The fraction of sp³-hybridized carbons (Fsp3) is 0.256. The SMILES string of the molecule is CC(C)(Sc1ccncc1-c1ccc(S(=O)(=O)NC2CC2c2cc(SC3(C(=O)O)CCC3)c(-c3ccc(C#N)c4ccccc34)cn2)cc1)C(=O)O. The standard InChI is InChI=1S/C39H34N4O6S3/c1-38(2,36(44)45)50-34-14-17-41-21-30(34)23-8-11-25(12-9-23)52(48,49)43-33-18-29(33)32-19-35(51-39(37(46)47)15-5-16-39)31(22-42-32)28-13-10-24(20-40)26-6-3-4-7-27(26)28/h3-4,6-14,17,19,21-22,29,33,43H,5,15-16,18H2,1-2H3,(H,44,45)(H,46,47). The summed E-state index contributed by atoms with van der Waals surface area (Å²) in [7, 11) is -3.90. The van der Waals surface area contributed by atoms with Gasteiger partial charge in [0, 0.05) is 62.5 Å². The topological polar surface area (TPSA) is 170 Å². The molecule has 3 aromatic carbocycles. The minimum atomic E-state index is -3.90. The Morgan fingerprint density at radius 2 is 1.67 bits per heavy atom. The Hall–Kier alpha value is -4.74. The number of carbonyl (C=O) groups is 2. The summed E-state index contributed by atoms with van der Waals surface area (Å²) in [6.45, 7) is 3.25. The van der Waals surface area contributed by atoms with Crippen molar-refractivity contribution in [3.8, 4) is 28.3 Å². The Morgan fingerprint density at radius 3 is 2.33 bits per heavy atom. The molecule has 2 saturated carbocycles. The van der Waals surface area contributed by atoms with Crippen LogP contribution < -0.4 is 4.72 Å². The first-order valence-electron chi connectivity index (χ1n) is 16.7. The van der Waals surface area contributed by atoms with Crippen LogP contribution in [0.1, 0.15) is 56.7 Å². The fourth-order valence-corrected chi connectivity index (χ4v) is 10.2. The molecule has 264 valence electrons. The van der Waals surface area contributed by atoms with E-state index in [0.29, 0.717) is 46.5 Å². The number of hydrogen-bond acceptors (Lipinski definition) is 9. The van der Waals surface area contributed by atoms with Crippen LogP contribution in [-0.4, -0.2) is 56.1 Å². The molecule has 2 atom stereocenters. The minimum Gasteiger partial charge on any atom is -0.480 e. The van der Waals surface area contributed by atoms with Crippen LogP contribution in [0.25, 0.3) is 33.0 Å². The first-order chi connectivity index (χ1) is 24.8. The van der Waals surface area contributed by atoms with E-state index in [9.17, 15) is 33.5 Å². The van der Waals surface area contributed by atoms with E-state index < -0.39 is 37.5 Å². The molecule has 52 heavy (non-hydrogen) atoms. The number of pyridine rings is 2. The van der Waals surface area contributed by atoms with Crippen LogP contribution in [-0.2, 0) is 19.6 Å². The van der Waals surface area contributed by atoms with Gasteiger partial charge in [0.2, 0.25) is 10.0 Å². The predicted octanol–water partition coefficient (Wildman–Crippen LogP) is 7.72. The van der Waals surface area contributed by atoms with Crippen molar-refractivity contribution in [1.82, 2.24) is 14.7 Å². The largest absolute Gasteiger partial charge is 0.480 e. The minimum absolute atomic E-state index is 0.0893. The van der Waals surface area contributed by atoms with Gasteiger partial charge in [-0.15, -0.1) is 23.5 Å². The lowest BCUT2D eigenvalue weighted by Crippen LogP contribution is -2.41. The van der Waals surface area contributed by atoms with Gasteiger partial charge in [-0.2, -0.15) is 5.26 Å². The van der Waals surface area contributed by atoms with Crippen LogP contribution >= 0.6 is 23.5 Å². The lowest BCUT2D eigenvalue weighted by Gasteiger charge is -2.37. The number of aromatic nitrogens is 2. The maximum absolute atomic E-state index is 13.5. The van der Waals surface area contributed by atoms with E-state index in [4.69, 9.17) is 4.98 Å². The molecule has 0 amide bonds. The average Bonchev–Trinajstić information content (AvgIpc) is 3.87. The first kappa shape index (κ1) is 35.7. The summed E-state index contributed by atoms with van der Waals surface area (Å²) in [6.07, 6.45) is 7.42. The Morgan fingerprint density at radius 1 is 0.942 bits per heavy atom. The number of nitriles is 1. The Bertz CT molecular complexity index is 2390. The van der Waals surface area contributed by atoms with Gasteiger partial charge in [0.1, 0.15) is 9.49 Å². The van der Waals surface area contributed by atoms with Gasteiger partial charge in [0.25, 0.3) is 0 Å². The van der Waals surface area contributed by atoms with E-state index >= 15 is 0 Å². The Balaban J connectivity index is 1.14. The van der Waals surface area contributed by atoms with E-state index in [-0.39, 0.29) is 10.8 Å². The van der Waals surface area contributed by atoms with Gasteiger partial charge >= 0.3 is 11.9 Å². The van der Waals surface area contributed by atoms with Crippen molar-refractivity contribution in [2.75, 3.05) is 0 Å². The summed E-state index contributed by atoms with van der Waals surface area (Å²) in [5, 5.41) is 31.2. The number of benzene rings is 3. The molecule has 2 fully saturated rings. The second-order valence-electron chi connectivity index (χ2n) is 13.6. The highest BCUT2D eigenvalue weighted by Crippen LogP contribution is 2.52. The number of sulfonamides is 1. The number of aliphatic carboxylic acids is 2. The Kier molecular flexibility index (Phi) is 9.37. The molecule has 0 saturated heterocycles. The number of thioether (sulfide) groups is 2. The molecule has 10 nitrogen and oxygen atoms in total. The number of fused-ring (bicyclic) bond motifs is 1. The normalized spacial score (nSPS) is 17.9. The maximum Gasteiger partial charge on any atom is 0.320 e. The van der Waals surface area contributed by atoms with Crippen LogP contribution in [0, 0.1) is 11.3 Å². The van der Waals surface area contributed by atoms with Gasteiger partial charge in [-0.25, -0.2) is 13.1 Å². The van der Waals surface area contributed by atoms with Gasteiger partial charge in [0.15, 0.2) is 0 Å². The highest BCUT2D eigenvalue weighted by Gasteiger charge is 2.47. The number of carboxylic acids is 2. The molecule has 0 bridgehead atoms. The van der Waals surface area contributed by atoms with Crippen molar-refractivity contribution >= 4 is 56.3 Å². The zero-order chi connectivity index (χ0) is 36.8. The smallest absolute Gasteiger partial charge is 0.320 e. The highest BCUT2D eigenvalue weighted by atomic mass is 32.2. The molecule has 13 heteroatoms. The maximum atomic E-state index is 13.5. The lowest BCUT2D eigenvalue weighted by molar-refractivity contribution is -0.142. The van der Waals surface area contributed by atoms with Crippen LogP contribution in [0.15, 0.2) is 106 Å². The van der Waals surface area contributed by atoms with Gasteiger partial charge in [-0.3, -0.25) is 19.6 Å². The number of hydrogen-bond donors (Lipinski definition) is 3. The van der Waals surface area contributed by atoms with Gasteiger partial charge in [-0.1, -0.05) is 42.5 Å². The average molecular weight is 751 g/mol. The quantitative estimate of drug-likeness (QED) is 0.107. The zero-order valence-electron chi connectivity index (χ0n) is 28.2. The summed E-state index contributed by atoms with van der Waals surface area (Å²) in [4.78, 5) is 34.7. The first-order valence-corrected chi connectivity index (χ1v) is 19.8. The summed E-state index contributed by atoms with van der Waals surface area (Å²) < 4.78 is 27.8.